The quantitative estimate of drug-likeness (QED) is 0.658. The zero-order valence-electron chi connectivity index (χ0n) is 14.7. The van der Waals surface area contributed by atoms with Gasteiger partial charge >= 0.3 is 0 Å². The van der Waals surface area contributed by atoms with E-state index in [1.165, 1.54) is 11.3 Å². The minimum atomic E-state index is -0.196. The Balaban J connectivity index is 1.69. The summed E-state index contributed by atoms with van der Waals surface area (Å²) < 4.78 is 11.3. The molecule has 0 bridgehead atoms. The Morgan fingerprint density at radius 1 is 1.08 bits per heavy atom. The molecule has 0 aliphatic carbocycles. The van der Waals surface area contributed by atoms with Gasteiger partial charge in [0.15, 0.2) is 0 Å². The highest BCUT2D eigenvalue weighted by Crippen LogP contribution is 2.26. The van der Waals surface area contributed by atoms with Crippen molar-refractivity contribution in [2.75, 3.05) is 11.9 Å². The van der Waals surface area contributed by atoms with Crippen LogP contribution in [-0.4, -0.2) is 17.5 Å². The Labute approximate surface area is 156 Å². The molecule has 0 atom stereocenters. The summed E-state index contributed by atoms with van der Waals surface area (Å²) in [5.74, 6) is 1.23. The van der Waals surface area contributed by atoms with E-state index in [1.807, 2.05) is 68.4 Å². The number of para-hydroxylation sites is 3. The van der Waals surface area contributed by atoms with Crippen molar-refractivity contribution in [2.24, 2.45) is 0 Å². The van der Waals surface area contributed by atoms with Crippen molar-refractivity contribution in [3.63, 3.8) is 0 Å². The van der Waals surface area contributed by atoms with Gasteiger partial charge in [-0.3, -0.25) is 4.79 Å². The van der Waals surface area contributed by atoms with Gasteiger partial charge in [0.2, 0.25) is 0 Å². The van der Waals surface area contributed by atoms with Crippen LogP contribution in [0.5, 0.6) is 11.5 Å². The van der Waals surface area contributed by atoms with E-state index in [9.17, 15) is 4.79 Å². The molecular formula is C20H20N2O3S. The smallest absolute Gasteiger partial charge is 0.267 e. The SMILES string of the molecule is CCOc1ccccc1NC(=O)c1sc(COc2ccccc2)nc1C. The van der Waals surface area contributed by atoms with Gasteiger partial charge in [-0.1, -0.05) is 30.3 Å². The van der Waals surface area contributed by atoms with Crippen LogP contribution in [0, 0.1) is 6.92 Å². The maximum absolute atomic E-state index is 12.6. The van der Waals surface area contributed by atoms with E-state index in [0.717, 1.165) is 10.8 Å². The third kappa shape index (κ3) is 4.40. The maximum Gasteiger partial charge on any atom is 0.267 e. The number of thiazole rings is 1. The minimum absolute atomic E-state index is 0.196. The van der Waals surface area contributed by atoms with E-state index >= 15 is 0 Å². The summed E-state index contributed by atoms with van der Waals surface area (Å²) in [6.07, 6.45) is 0. The van der Waals surface area contributed by atoms with Crippen LogP contribution >= 0.6 is 11.3 Å². The number of carbonyl (C=O) groups is 1. The highest BCUT2D eigenvalue weighted by molar-refractivity contribution is 7.13. The molecule has 0 aliphatic rings. The molecule has 2 aromatic carbocycles. The van der Waals surface area contributed by atoms with E-state index in [-0.39, 0.29) is 5.91 Å². The predicted molar refractivity (Wildman–Crippen MR) is 103 cm³/mol. The molecule has 5 nitrogen and oxygen atoms in total. The summed E-state index contributed by atoms with van der Waals surface area (Å²) in [4.78, 5) is 17.7. The number of carbonyl (C=O) groups excluding carboxylic acids is 1. The van der Waals surface area contributed by atoms with Gasteiger partial charge in [-0.15, -0.1) is 11.3 Å². The van der Waals surface area contributed by atoms with Crippen LogP contribution in [0.25, 0.3) is 0 Å². The van der Waals surface area contributed by atoms with E-state index in [4.69, 9.17) is 9.47 Å². The van der Waals surface area contributed by atoms with Crippen molar-refractivity contribution >= 4 is 22.9 Å². The van der Waals surface area contributed by atoms with Gasteiger partial charge in [0.05, 0.1) is 18.0 Å². The number of aromatic nitrogens is 1. The maximum atomic E-state index is 12.6. The third-order valence-corrected chi connectivity index (χ3v) is 4.72. The highest BCUT2D eigenvalue weighted by atomic mass is 32.1. The molecule has 26 heavy (non-hydrogen) atoms. The molecule has 134 valence electrons. The number of nitrogens with zero attached hydrogens (tertiary/aromatic N) is 1. The molecule has 6 heteroatoms. The van der Waals surface area contributed by atoms with Crippen molar-refractivity contribution in [1.82, 2.24) is 4.98 Å². The van der Waals surface area contributed by atoms with E-state index in [1.54, 1.807) is 0 Å². The number of aryl methyl sites for hydroxylation is 1. The second-order valence-corrected chi connectivity index (χ2v) is 6.59. The normalized spacial score (nSPS) is 10.4. The van der Waals surface area contributed by atoms with Gasteiger partial charge in [-0.05, 0) is 38.1 Å². The van der Waals surface area contributed by atoms with Crippen LogP contribution in [0.2, 0.25) is 0 Å². The van der Waals surface area contributed by atoms with Crippen molar-refractivity contribution in [2.45, 2.75) is 20.5 Å². The predicted octanol–water partition coefficient (Wildman–Crippen LogP) is 4.68. The van der Waals surface area contributed by atoms with Gasteiger partial charge in [-0.2, -0.15) is 0 Å². The summed E-state index contributed by atoms with van der Waals surface area (Å²) in [5.41, 5.74) is 1.34. The molecule has 1 aromatic heterocycles. The number of amides is 1. The molecule has 0 radical (unpaired) electrons. The zero-order valence-corrected chi connectivity index (χ0v) is 15.5. The summed E-state index contributed by atoms with van der Waals surface area (Å²) in [5, 5.41) is 3.66. The molecule has 3 aromatic rings. The first-order chi connectivity index (χ1) is 12.7. The van der Waals surface area contributed by atoms with Crippen LogP contribution in [-0.2, 0) is 6.61 Å². The largest absolute Gasteiger partial charge is 0.492 e. The second kappa shape index (κ2) is 8.49. The molecule has 0 saturated heterocycles. The van der Waals surface area contributed by atoms with E-state index in [2.05, 4.69) is 10.3 Å². The number of anilines is 1. The summed E-state index contributed by atoms with van der Waals surface area (Å²) in [7, 11) is 0. The summed E-state index contributed by atoms with van der Waals surface area (Å²) in [6.45, 7) is 4.60. The van der Waals surface area contributed by atoms with E-state index < -0.39 is 0 Å². The fraction of sp³-hybridized carbons (Fsp3) is 0.200. The highest BCUT2D eigenvalue weighted by Gasteiger charge is 2.17. The monoisotopic (exact) mass is 368 g/mol. The molecular weight excluding hydrogens is 348 g/mol. The van der Waals surface area contributed by atoms with Crippen LogP contribution < -0.4 is 14.8 Å². The fourth-order valence-electron chi connectivity index (χ4n) is 2.42. The van der Waals surface area contributed by atoms with Crippen molar-refractivity contribution in [3.05, 3.63) is 70.2 Å². The number of nitrogens with one attached hydrogen (secondary N) is 1. The number of hydrogen-bond acceptors (Lipinski definition) is 5. The lowest BCUT2D eigenvalue weighted by molar-refractivity contribution is 0.102. The Morgan fingerprint density at radius 2 is 1.81 bits per heavy atom. The molecule has 0 saturated carbocycles. The van der Waals surface area contributed by atoms with Crippen LogP contribution in [0.4, 0.5) is 5.69 Å². The lowest BCUT2D eigenvalue weighted by atomic mass is 10.2. The molecule has 1 amide bonds. The summed E-state index contributed by atoms with van der Waals surface area (Å²) in [6, 6.07) is 16.9. The summed E-state index contributed by atoms with van der Waals surface area (Å²) >= 11 is 1.34. The number of rotatable bonds is 7. The molecule has 1 heterocycles. The zero-order chi connectivity index (χ0) is 18.4. The molecule has 0 fully saturated rings. The molecule has 0 spiro atoms. The minimum Gasteiger partial charge on any atom is -0.492 e. The Morgan fingerprint density at radius 3 is 2.58 bits per heavy atom. The molecule has 0 unspecified atom stereocenters. The second-order valence-electron chi connectivity index (χ2n) is 5.51. The third-order valence-electron chi connectivity index (χ3n) is 3.59. The van der Waals surface area contributed by atoms with Crippen LogP contribution in [0.15, 0.2) is 54.6 Å². The number of hydrogen-bond donors (Lipinski definition) is 1. The molecule has 0 aliphatic heterocycles. The van der Waals surface area contributed by atoms with Crippen LogP contribution in [0.1, 0.15) is 27.3 Å². The van der Waals surface area contributed by atoms with E-state index in [0.29, 0.717) is 35.2 Å². The van der Waals surface area contributed by atoms with Gasteiger partial charge in [0.1, 0.15) is 28.0 Å². The van der Waals surface area contributed by atoms with Gasteiger partial charge in [0.25, 0.3) is 5.91 Å². The lowest BCUT2D eigenvalue weighted by Gasteiger charge is -2.10. The van der Waals surface area contributed by atoms with Gasteiger partial charge < -0.3 is 14.8 Å². The Hall–Kier alpha value is -2.86. The number of benzene rings is 2. The van der Waals surface area contributed by atoms with Crippen LogP contribution in [0.3, 0.4) is 0 Å². The Bertz CT molecular complexity index is 878. The Kier molecular flexibility index (Phi) is 5.86. The average Bonchev–Trinajstić information content (AvgIpc) is 3.03. The molecule has 3 rings (SSSR count). The molecule has 1 N–H and O–H groups in total. The average molecular weight is 368 g/mol. The van der Waals surface area contributed by atoms with Crippen molar-refractivity contribution in [1.29, 1.82) is 0 Å². The lowest BCUT2D eigenvalue weighted by Crippen LogP contribution is -2.12. The first kappa shape index (κ1) is 17.9. The van der Waals surface area contributed by atoms with Gasteiger partial charge in [0, 0.05) is 0 Å². The first-order valence-corrected chi connectivity index (χ1v) is 9.16. The fourth-order valence-corrected chi connectivity index (χ4v) is 3.29. The standard InChI is InChI=1S/C20H20N2O3S/c1-3-24-17-12-8-7-11-16(17)22-20(23)19-14(2)21-18(26-19)13-25-15-9-5-4-6-10-15/h4-12H,3,13H2,1-2H3,(H,22,23). The van der Waals surface area contributed by atoms with Crippen molar-refractivity contribution < 1.29 is 14.3 Å². The topological polar surface area (TPSA) is 60.5 Å². The van der Waals surface area contributed by atoms with Gasteiger partial charge in [-0.25, -0.2) is 4.98 Å². The first-order valence-electron chi connectivity index (χ1n) is 8.34. The van der Waals surface area contributed by atoms with Crippen molar-refractivity contribution in [3.8, 4) is 11.5 Å². The number of ether oxygens (including phenoxy) is 2.